The molecule has 0 amide bonds. The highest BCUT2D eigenvalue weighted by Gasteiger charge is 2.18. The quantitative estimate of drug-likeness (QED) is 0.638. The second kappa shape index (κ2) is 7.74. The molecule has 1 aliphatic rings. The zero-order valence-electron chi connectivity index (χ0n) is 12.5. The highest BCUT2D eigenvalue weighted by molar-refractivity contribution is 5.97. The molecule has 0 radical (unpaired) electrons. The van der Waals surface area contributed by atoms with Crippen molar-refractivity contribution in [3.63, 3.8) is 0 Å². The molecule has 1 N–H and O–H groups in total. The minimum Gasteiger partial charge on any atom is -0.481 e. The first kappa shape index (κ1) is 16.2. The van der Waals surface area contributed by atoms with Crippen molar-refractivity contribution >= 4 is 18.0 Å². The van der Waals surface area contributed by atoms with E-state index in [0.29, 0.717) is 12.2 Å². The number of carbonyl (C=O) groups excluding carboxylic acids is 1. The molecule has 0 aromatic carbocycles. The summed E-state index contributed by atoms with van der Waals surface area (Å²) in [5.41, 5.74) is 0.747. The summed E-state index contributed by atoms with van der Waals surface area (Å²) in [4.78, 5) is 22.7. The summed E-state index contributed by atoms with van der Waals surface area (Å²) in [7, 11) is 0. The largest absolute Gasteiger partial charge is 0.481 e. The fraction of sp³-hybridized carbons (Fsp3) is 0.533. The summed E-state index contributed by atoms with van der Waals surface area (Å²) < 4.78 is 12.2. The fourth-order valence-electron chi connectivity index (χ4n) is 2.29. The number of nitrogens with zero attached hydrogens (tertiary/aromatic N) is 2. The minimum atomic E-state index is -1.08. The van der Waals surface area contributed by atoms with Gasteiger partial charge in [-0.3, -0.25) is 4.79 Å². The van der Waals surface area contributed by atoms with Gasteiger partial charge in [-0.05, 0) is 32.3 Å². The fourth-order valence-corrected chi connectivity index (χ4v) is 2.29. The third-order valence-electron chi connectivity index (χ3n) is 3.29. The summed E-state index contributed by atoms with van der Waals surface area (Å²) >= 11 is 0. The van der Waals surface area contributed by atoms with E-state index in [0.717, 1.165) is 19.3 Å². The molecule has 7 heteroatoms. The smallest absolute Gasteiger partial charge is 0.334 e. The first-order valence-corrected chi connectivity index (χ1v) is 7.35. The Bertz CT molecular complexity index is 558. The number of ether oxygens (including phenoxy) is 2. The average Bonchev–Trinajstić information content (AvgIpc) is 2.96. The number of rotatable bonds is 6. The monoisotopic (exact) mass is 308 g/mol. The molecule has 2 heterocycles. The van der Waals surface area contributed by atoms with Crippen LogP contribution in [0.4, 0.5) is 0 Å². The van der Waals surface area contributed by atoms with E-state index in [9.17, 15) is 9.59 Å². The predicted molar refractivity (Wildman–Crippen MR) is 77.9 cm³/mol. The van der Waals surface area contributed by atoms with Gasteiger partial charge in [-0.1, -0.05) is 0 Å². The maximum Gasteiger partial charge on any atom is 0.334 e. The predicted octanol–water partition coefficient (Wildman–Crippen LogP) is 2.00. The molecule has 1 aliphatic heterocycles. The summed E-state index contributed by atoms with van der Waals surface area (Å²) in [6.07, 6.45) is 7.38. The molecular formula is C15H20N2O5. The molecule has 1 unspecified atom stereocenters. The Morgan fingerprint density at radius 2 is 2.36 bits per heavy atom. The normalized spacial score (nSPS) is 19.0. The molecule has 1 atom stereocenters. The Balaban J connectivity index is 2.14. The van der Waals surface area contributed by atoms with E-state index in [2.05, 4.69) is 5.10 Å². The van der Waals surface area contributed by atoms with Crippen molar-refractivity contribution in [1.82, 2.24) is 9.78 Å². The molecule has 0 spiro atoms. The van der Waals surface area contributed by atoms with Crippen LogP contribution in [0.3, 0.4) is 0 Å². The van der Waals surface area contributed by atoms with E-state index in [-0.39, 0.29) is 24.8 Å². The molecule has 120 valence electrons. The Kier molecular flexibility index (Phi) is 5.71. The van der Waals surface area contributed by atoms with Crippen LogP contribution in [0.2, 0.25) is 0 Å². The number of hydrogen-bond donors (Lipinski definition) is 1. The molecule has 1 saturated heterocycles. The lowest BCUT2D eigenvalue weighted by molar-refractivity contribution is -0.142. The summed E-state index contributed by atoms with van der Waals surface area (Å²) in [6.45, 7) is 2.59. The van der Waals surface area contributed by atoms with Crippen molar-refractivity contribution in [3.8, 4) is 0 Å². The van der Waals surface area contributed by atoms with Gasteiger partial charge in [0.15, 0.2) is 0 Å². The van der Waals surface area contributed by atoms with E-state index in [1.165, 1.54) is 6.08 Å². The van der Waals surface area contributed by atoms with Crippen molar-refractivity contribution < 1.29 is 24.2 Å². The molecule has 0 aliphatic carbocycles. The van der Waals surface area contributed by atoms with Gasteiger partial charge >= 0.3 is 11.9 Å². The van der Waals surface area contributed by atoms with Crippen molar-refractivity contribution in [2.45, 2.75) is 38.8 Å². The van der Waals surface area contributed by atoms with Crippen LogP contribution >= 0.6 is 0 Å². The van der Waals surface area contributed by atoms with Gasteiger partial charge in [-0.25, -0.2) is 9.48 Å². The van der Waals surface area contributed by atoms with Gasteiger partial charge in [0.05, 0.1) is 19.2 Å². The Morgan fingerprint density at radius 1 is 1.55 bits per heavy atom. The highest BCUT2D eigenvalue weighted by Crippen LogP contribution is 2.22. The minimum absolute atomic E-state index is 0.0958. The number of carboxylic acid groups (broad SMARTS) is 1. The number of carbonyl (C=O) groups is 2. The summed E-state index contributed by atoms with van der Waals surface area (Å²) in [6, 6.07) is 0. The topological polar surface area (TPSA) is 90.6 Å². The van der Waals surface area contributed by atoms with E-state index in [1.54, 1.807) is 24.0 Å². The van der Waals surface area contributed by atoms with Gasteiger partial charge in [0.2, 0.25) is 0 Å². The maximum absolute atomic E-state index is 11.8. The first-order chi connectivity index (χ1) is 10.6. The third-order valence-corrected chi connectivity index (χ3v) is 3.29. The van der Waals surface area contributed by atoms with Crippen LogP contribution in [-0.2, 0) is 19.1 Å². The summed E-state index contributed by atoms with van der Waals surface area (Å²) in [5, 5.41) is 13.1. The zero-order chi connectivity index (χ0) is 15.9. The van der Waals surface area contributed by atoms with E-state index >= 15 is 0 Å². The first-order valence-electron chi connectivity index (χ1n) is 7.35. The van der Waals surface area contributed by atoms with Gasteiger partial charge < -0.3 is 14.6 Å². The zero-order valence-corrected chi connectivity index (χ0v) is 12.5. The Labute approximate surface area is 128 Å². The number of hydrogen-bond acceptors (Lipinski definition) is 5. The van der Waals surface area contributed by atoms with E-state index in [4.69, 9.17) is 14.6 Å². The van der Waals surface area contributed by atoms with Crippen LogP contribution in [0.1, 0.15) is 44.4 Å². The Hall–Kier alpha value is -2.15. The van der Waals surface area contributed by atoms with E-state index in [1.807, 2.05) is 0 Å². The summed E-state index contributed by atoms with van der Waals surface area (Å²) in [5.74, 6) is -1.70. The van der Waals surface area contributed by atoms with Crippen LogP contribution < -0.4 is 0 Å². The lowest BCUT2D eigenvalue weighted by atomic mass is 10.1. The molecule has 0 saturated carbocycles. The second-order valence-electron chi connectivity index (χ2n) is 5.04. The van der Waals surface area contributed by atoms with Gasteiger partial charge in [0, 0.05) is 23.9 Å². The maximum atomic E-state index is 11.8. The van der Waals surface area contributed by atoms with Crippen LogP contribution in [-0.4, -0.2) is 40.0 Å². The van der Waals surface area contributed by atoms with Gasteiger partial charge in [-0.2, -0.15) is 5.10 Å². The average molecular weight is 308 g/mol. The van der Waals surface area contributed by atoms with E-state index < -0.39 is 11.9 Å². The third kappa shape index (κ3) is 4.42. The molecule has 1 aromatic rings. The molecule has 0 bridgehead atoms. The van der Waals surface area contributed by atoms with Gasteiger partial charge in [0.25, 0.3) is 0 Å². The molecule has 1 aromatic heterocycles. The van der Waals surface area contributed by atoms with Crippen LogP contribution in [0.25, 0.3) is 6.08 Å². The van der Waals surface area contributed by atoms with Crippen molar-refractivity contribution in [2.75, 3.05) is 13.2 Å². The molecule has 1 fully saturated rings. The van der Waals surface area contributed by atoms with Crippen molar-refractivity contribution in [3.05, 3.63) is 23.5 Å². The lowest BCUT2D eigenvalue weighted by Crippen LogP contribution is -2.18. The second-order valence-corrected chi connectivity index (χ2v) is 5.04. The van der Waals surface area contributed by atoms with Crippen molar-refractivity contribution in [1.29, 1.82) is 0 Å². The number of carboxylic acids is 1. The molecule has 22 heavy (non-hydrogen) atoms. The standard InChI is InChI=1S/C15H20N2O5/c1-2-21-15(20)12(8-14(18)19)7-11-9-16-17(10-11)13-5-3-4-6-22-13/h7,9-10,13H,2-6,8H2,1H3,(H,18,19). The number of aliphatic carboxylic acids is 1. The number of aromatic nitrogens is 2. The lowest BCUT2D eigenvalue weighted by Gasteiger charge is -2.22. The molecule has 2 rings (SSSR count). The van der Waals surface area contributed by atoms with Gasteiger partial charge in [-0.15, -0.1) is 0 Å². The van der Waals surface area contributed by atoms with Crippen LogP contribution in [0, 0.1) is 0 Å². The Morgan fingerprint density at radius 3 is 3.00 bits per heavy atom. The van der Waals surface area contributed by atoms with Crippen LogP contribution in [0.5, 0.6) is 0 Å². The SMILES string of the molecule is CCOC(=O)C(=Cc1cnn(C2CCCCO2)c1)CC(=O)O. The number of esters is 1. The van der Waals surface area contributed by atoms with Gasteiger partial charge in [0.1, 0.15) is 6.23 Å². The molecular weight excluding hydrogens is 288 g/mol. The van der Waals surface area contributed by atoms with Crippen molar-refractivity contribution in [2.24, 2.45) is 0 Å². The highest BCUT2D eigenvalue weighted by atomic mass is 16.5. The van der Waals surface area contributed by atoms with Crippen LogP contribution in [0.15, 0.2) is 18.0 Å². The molecule has 7 nitrogen and oxygen atoms in total.